The molecule has 0 saturated carbocycles. The van der Waals surface area contributed by atoms with Crippen molar-refractivity contribution in [2.45, 2.75) is 18.1 Å². The number of para-hydroxylation sites is 2. The highest BCUT2D eigenvalue weighted by Crippen LogP contribution is 2.33. The molecule has 7 heteroatoms. The summed E-state index contributed by atoms with van der Waals surface area (Å²) in [4.78, 5) is 12.6. The molecule has 0 radical (unpaired) electrons. The lowest BCUT2D eigenvalue weighted by Gasteiger charge is -2.14. The molecule has 0 aliphatic rings. The maximum absolute atomic E-state index is 12.6. The van der Waals surface area contributed by atoms with E-state index in [4.69, 9.17) is 4.74 Å². The SMILES string of the molecule is COc1ccccc1-c1nnc(SCC(=O)N[C@H](C)c2ccccc2)n1-c1ccccc1. The first-order valence-corrected chi connectivity index (χ1v) is 11.3. The Labute approximate surface area is 191 Å². The van der Waals surface area contributed by atoms with Crippen molar-refractivity contribution in [3.63, 3.8) is 0 Å². The summed E-state index contributed by atoms with van der Waals surface area (Å²) in [5, 5.41) is 12.5. The lowest BCUT2D eigenvalue weighted by atomic mass is 10.1. The van der Waals surface area contributed by atoms with Crippen molar-refractivity contribution in [3.8, 4) is 22.8 Å². The fourth-order valence-corrected chi connectivity index (χ4v) is 4.18. The van der Waals surface area contributed by atoms with Gasteiger partial charge in [-0.05, 0) is 36.8 Å². The van der Waals surface area contributed by atoms with Gasteiger partial charge in [-0.25, -0.2) is 0 Å². The minimum absolute atomic E-state index is 0.0622. The number of methoxy groups -OCH3 is 1. The first-order valence-electron chi connectivity index (χ1n) is 10.3. The summed E-state index contributed by atoms with van der Waals surface area (Å²) in [6.45, 7) is 1.98. The van der Waals surface area contributed by atoms with Crippen LogP contribution < -0.4 is 10.1 Å². The predicted octanol–water partition coefficient (Wildman–Crippen LogP) is 4.91. The molecule has 0 aliphatic heterocycles. The van der Waals surface area contributed by atoms with Crippen molar-refractivity contribution in [2.75, 3.05) is 12.9 Å². The van der Waals surface area contributed by atoms with Crippen molar-refractivity contribution >= 4 is 17.7 Å². The third-order valence-electron chi connectivity index (χ3n) is 5.01. The van der Waals surface area contributed by atoms with Crippen LogP contribution >= 0.6 is 11.8 Å². The van der Waals surface area contributed by atoms with Gasteiger partial charge in [-0.1, -0.05) is 72.4 Å². The monoisotopic (exact) mass is 444 g/mol. The molecule has 0 unspecified atom stereocenters. The minimum atomic E-state index is -0.0690. The van der Waals surface area contributed by atoms with E-state index in [1.165, 1.54) is 11.8 Å². The average Bonchev–Trinajstić information content (AvgIpc) is 3.27. The van der Waals surface area contributed by atoms with E-state index in [1.807, 2.05) is 96.4 Å². The number of benzene rings is 3. The van der Waals surface area contributed by atoms with Gasteiger partial charge < -0.3 is 10.1 Å². The molecule has 0 saturated heterocycles. The van der Waals surface area contributed by atoms with E-state index in [1.54, 1.807) is 7.11 Å². The quantitative estimate of drug-likeness (QED) is 0.391. The Morgan fingerprint density at radius 3 is 2.34 bits per heavy atom. The van der Waals surface area contributed by atoms with E-state index in [9.17, 15) is 4.79 Å². The number of aromatic nitrogens is 3. The topological polar surface area (TPSA) is 69.0 Å². The van der Waals surface area contributed by atoms with Crippen LogP contribution in [-0.2, 0) is 4.79 Å². The molecular weight excluding hydrogens is 420 g/mol. The molecule has 1 amide bonds. The standard InChI is InChI=1S/C25H24N4O2S/c1-18(19-11-5-3-6-12-19)26-23(30)17-32-25-28-27-24(21-15-9-10-16-22(21)31-2)29(25)20-13-7-4-8-14-20/h3-16,18H,17H2,1-2H3,(H,26,30)/t18-/m1/s1. The first-order chi connectivity index (χ1) is 15.7. The molecule has 1 atom stereocenters. The number of hydrogen-bond donors (Lipinski definition) is 1. The van der Waals surface area contributed by atoms with Gasteiger partial charge in [0.25, 0.3) is 0 Å². The van der Waals surface area contributed by atoms with E-state index in [0.717, 1.165) is 16.8 Å². The molecule has 32 heavy (non-hydrogen) atoms. The predicted molar refractivity (Wildman–Crippen MR) is 127 cm³/mol. The number of thioether (sulfide) groups is 1. The van der Waals surface area contributed by atoms with Gasteiger partial charge in [-0.2, -0.15) is 0 Å². The molecule has 4 rings (SSSR count). The molecule has 0 aliphatic carbocycles. The van der Waals surface area contributed by atoms with Crippen molar-refractivity contribution in [2.24, 2.45) is 0 Å². The van der Waals surface area contributed by atoms with Gasteiger partial charge in [-0.15, -0.1) is 10.2 Å². The Hall–Kier alpha value is -3.58. The zero-order chi connectivity index (χ0) is 22.3. The second-order valence-electron chi connectivity index (χ2n) is 7.17. The fraction of sp³-hybridized carbons (Fsp3) is 0.160. The highest BCUT2D eigenvalue weighted by atomic mass is 32.2. The molecule has 6 nitrogen and oxygen atoms in total. The molecule has 162 valence electrons. The van der Waals surface area contributed by atoms with Crippen molar-refractivity contribution in [1.82, 2.24) is 20.1 Å². The van der Waals surface area contributed by atoms with Crippen LogP contribution in [0.15, 0.2) is 90.1 Å². The van der Waals surface area contributed by atoms with Gasteiger partial charge in [0.05, 0.1) is 24.5 Å². The Morgan fingerprint density at radius 1 is 0.969 bits per heavy atom. The van der Waals surface area contributed by atoms with E-state index in [-0.39, 0.29) is 17.7 Å². The lowest BCUT2D eigenvalue weighted by Crippen LogP contribution is -2.28. The second-order valence-corrected chi connectivity index (χ2v) is 8.11. The van der Waals surface area contributed by atoms with Crippen molar-refractivity contribution < 1.29 is 9.53 Å². The molecule has 0 bridgehead atoms. The number of carbonyl (C=O) groups excluding carboxylic acids is 1. The van der Waals surface area contributed by atoms with Crippen LogP contribution in [0.2, 0.25) is 0 Å². The number of carbonyl (C=O) groups is 1. The molecule has 3 aromatic carbocycles. The first kappa shape index (κ1) is 21.6. The van der Waals surface area contributed by atoms with E-state index in [0.29, 0.717) is 16.7 Å². The van der Waals surface area contributed by atoms with Crippen LogP contribution in [-0.4, -0.2) is 33.5 Å². The third-order valence-corrected chi connectivity index (χ3v) is 5.93. The smallest absolute Gasteiger partial charge is 0.230 e. The molecule has 1 N–H and O–H groups in total. The highest BCUT2D eigenvalue weighted by molar-refractivity contribution is 7.99. The Morgan fingerprint density at radius 2 is 1.62 bits per heavy atom. The normalized spacial score (nSPS) is 11.7. The van der Waals surface area contributed by atoms with E-state index >= 15 is 0 Å². The maximum Gasteiger partial charge on any atom is 0.230 e. The van der Waals surface area contributed by atoms with E-state index < -0.39 is 0 Å². The van der Waals surface area contributed by atoms with Gasteiger partial charge in [-0.3, -0.25) is 9.36 Å². The summed E-state index contributed by atoms with van der Waals surface area (Å²) in [6, 6.07) is 27.4. The fourth-order valence-electron chi connectivity index (χ4n) is 3.42. The number of nitrogens with zero attached hydrogens (tertiary/aromatic N) is 3. The van der Waals surface area contributed by atoms with Gasteiger partial charge >= 0.3 is 0 Å². The van der Waals surface area contributed by atoms with Crippen LogP contribution in [0.1, 0.15) is 18.5 Å². The summed E-state index contributed by atoms with van der Waals surface area (Å²) < 4.78 is 7.49. The highest BCUT2D eigenvalue weighted by Gasteiger charge is 2.20. The van der Waals surface area contributed by atoms with Crippen LogP contribution in [0.4, 0.5) is 0 Å². The van der Waals surface area contributed by atoms with Crippen LogP contribution in [0.25, 0.3) is 17.1 Å². The lowest BCUT2D eigenvalue weighted by molar-refractivity contribution is -0.119. The Balaban J connectivity index is 1.58. The molecule has 0 spiro atoms. The maximum atomic E-state index is 12.6. The second kappa shape index (κ2) is 10.2. The molecule has 1 aromatic heterocycles. The molecule has 4 aromatic rings. The van der Waals surface area contributed by atoms with Crippen molar-refractivity contribution in [3.05, 3.63) is 90.5 Å². The number of amides is 1. The number of hydrogen-bond acceptors (Lipinski definition) is 5. The van der Waals surface area contributed by atoms with Crippen LogP contribution in [0.3, 0.4) is 0 Å². The van der Waals surface area contributed by atoms with Gasteiger partial charge in [0.2, 0.25) is 5.91 Å². The van der Waals surface area contributed by atoms with Crippen molar-refractivity contribution in [1.29, 1.82) is 0 Å². The minimum Gasteiger partial charge on any atom is -0.496 e. The number of ether oxygens (including phenoxy) is 1. The van der Waals surface area contributed by atoms with Gasteiger partial charge in [0, 0.05) is 5.69 Å². The largest absolute Gasteiger partial charge is 0.496 e. The summed E-state index contributed by atoms with van der Waals surface area (Å²) in [7, 11) is 1.63. The Bertz CT molecular complexity index is 1180. The third kappa shape index (κ3) is 4.84. The zero-order valence-corrected chi connectivity index (χ0v) is 18.8. The average molecular weight is 445 g/mol. The summed E-state index contributed by atoms with van der Waals surface area (Å²) in [6.07, 6.45) is 0. The Kier molecular flexibility index (Phi) is 6.87. The summed E-state index contributed by atoms with van der Waals surface area (Å²) in [5.41, 5.74) is 2.82. The van der Waals surface area contributed by atoms with Crippen LogP contribution in [0.5, 0.6) is 5.75 Å². The van der Waals surface area contributed by atoms with Gasteiger partial charge in [0.1, 0.15) is 5.75 Å². The number of rotatable bonds is 8. The molecular formula is C25H24N4O2S. The number of nitrogens with one attached hydrogen (secondary N) is 1. The van der Waals surface area contributed by atoms with Crippen LogP contribution in [0, 0.1) is 0 Å². The molecule has 1 heterocycles. The van der Waals surface area contributed by atoms with Gasteiger partial charge in [0.15, 0.2) is 11.0 Å². The van der Waals surface area contributed by atoms with E-state index in [2.05, 4.69) is 15.5 Å². The summed E-state index contributed by atoms with van der Waals surface area (Å²) >= 11 is 1.35. The molecule has 0 fully saturated rings. The zero-order valence-electron chi connectivity index (χ0n) is 17.9. The summed E-state index contributed by atoms with van der Waals surface area (Å²) in [5.74, 6) is 1.54.